The maximum absolute atomic E-state index is 6.73. The Balaban J connectivity index is 0.971. The monoisotopic (exact) mass is 818 g/mol. The Bertz CT molecular complexity index is 3770. The van der Waals surface area contributed by atoms with E-state index in [0.29, 0.717) is 0 Å². The Morgan fingerprint density at radius 1 is 0.359 bits per heavy atom. The SMILES string of the molecule is c1ccc(-n2c3ccccc3c3cc(-c4ccc(N(c5cccc(-c6cccc7c6-c6ccccc6Oc6ccccc6-7)c5)c5cccc6c5oc5ccccc56)cc4)ccc32)cc1. The highest BCUT2D eigenvalue weighted by Crippen LogP contribution is 2.51. The number of para-hydroxylation sites is 6. The van der Waals surface area contributed by atoms with Gasteiger partial charge in [-0.2, -0.15) is 0 Å². The van der Waals surface area contributed by atoms with Gasteiger partial charge in [-0.1, -0.05) is 152 Å². The van der Waals surface area contributed by atoms with Crippen LogP contribution < -0.4 is 9.64 Å². The molecule has 0 saturated heterocycles. The number of rotatable bonds is 6. The molecule has 0 amide bonds. The summed E-state index contributed by atoms with van der Waals surface area (Å²) in [4.78, 5) is 2.34. The molecule has 0 unspecified atom stereocenters. The van der Waals surface area contributed by atoms with Gasteiger partial charge in [0.25, 0.3) is 0 Å². The van der Waals surface area contributed by atoms with Crippen molar-refractivity contribution in [2.45, 2.75) is 0 Å². The number of ether oxygens (including phenoxy) is 1. The van der Waals surface area contributed by atoms with Crippen LogP contribution in [0.5, 0.6) is 11.5 Å². The van der Waals surface area contributed by atoms with Crippen LogP contribution in [-0.2, 0) is 0 Å². The van der Waals surface area contributed by atoms with Gasteiger partial charge in [0.05, 0.1) is 16.7 Å². The molecule has 12 aromatic rings. The second kappa shape index (κ2) is 14.5. The lowest BCUT2D eigenvalue weighted by atomic mass is 9.87. The van der Waals surface area contributed by atoms with Crippen molar-refractivity contribution in [1.82, 2.24) is 4.57 Å². The quantitative estimate of drug-likeness (QED) is 0.167. The summed E-state index contributed by atoms with van der Waals surface area (Å²) in [7, 11) is 0. The van der Waals surface area contributed by atoms with E-state index in [4.69, 9.17) is 9.15 Å². The summed E-state index contributed by atoms with van der Waals surface area (Å²) >= 11 is 0. The van der Waals surface area contributed by atoms with Crippen LogP contribution in [0.2, 0.25) is 0 Å². The summed E-state index contributed by atoms with van der Waals surface area (Å²) in [6.07, 6.45) is 0. The van der Waals surface area contributed by atoms with Crippen molar-refractivity contribution >= 4 is 60.8 Å². The minimum atomic E-state index is 0.842. The molecule has 0 N–H and O–H groups in total. The lowest BCUT2D eigenvalue weighted by Crippen LogP contribution is -2.10. The number of hydrogen-bond acceptors (Lipinski definition) is 3. The molecule has 3 heterocycles. The van der Waals surface area contributed by atoms with Crippen LogP contribution >= 0.6 is 0 Å². The molecule has 1 aliphatic rings. The second-order valence-corrected chi connectivity index (χ2v) is 16.4. The molecule has 1 aliphatic heterocycles. The molecule has 0 radical (unpaired) electrons. The van der Waals surface area contributed by atoms with Crippen LogP contribution in [0.25, 0.3) is 93.9 Å². The average molecular weight is 819 g/mol. The molecule has 4 nitrogen and oxygen atoms in total. The van der Waals surface area contributed by atoms with E-state index in [1.807, 2.05) is 24.3 Å². The van der Waals surface area contributed by atoms with Crippen molar-refractivity contribution in [2.24, 2.45) is 0 Å². The molecule has 2 aromatic heterocycles. The molecule has 0 fully saturated rings. The number of hydrogen-bond donors (Lipinski definition) is 0. The van der Waals surface area contributed by atoms with Crippen molar-refractivity contribution in [1.29, 1.82) is 0 Å². The predicted octanol–water partition coefficient (Wildman–Crippen LogP) is 16.9. The summed E-state index contributed by atoms with van der Waals surface area (Å²) in [6, 6.07) is 82.1. The van der Waals surface area contributed by atoms with E-state index < -0.39 is 0 Å². The maximum atomic E-state index is 6.73. The fraction of sp³-hybridized carbons (Fsp3) is 0. The van der Waals surface area contributed by atoms with E-state index in [0.717, 1.165) is 95.1 Å². The normalized spacial score (nSPS) is 11.9. The third-order valence-electron chi connectivity index (χ3n) is 12.8. The Morgan fingerprint density at radius 2 is 1.00 bits per heavy atom. The molecule has 0 bridgehead atoms. The van der Waals surface area contributed by atoms with Gasteiger partial charge in [-0.05, 0) is 107 Å². The zero-order chi connectivity index (χ0) is 42.1. The minimum Gasteiger partial charge on any atom is -0.456 e. The van der Waals surface area contributed by atoms with Gasteiger partial charge in [0, 0.05) is 55.3 Å². The van der Waals surface area contributed by atoms with Gasteiger partial charge in [-0.15, -0.1) is 0 Å². The Labute approximate surface area is 370 Å². The summed E-state index contributed by atoms with van der Waals surface area (Å²) in [6.45, 7) is 0. The second-order valence-electron chi connectivity index (χ2n) is 16.4. The third-order valence-corrected chi connectivity index (χ3v) is 12.8. The highest BCUT2D eigenvalue weighted by molar-refractivity contribution is 6.12. The first-order chi connectivity index (χ1) is 31.7. The first kappa shape index (κ1) is 36.1. The molecule has 64 heavy (non-hydrogen) atoms. The van der Waals surface area contributed by atoms with Crippen LogP contribution in [0.1, 0.15) is 0 Å². The number of anilines is 3. The fourth-order valence-electron chi connectivity index (χ4n) is 9.93. The summed E-state index contributed by atoms with van der Waals surface area (Å²) in [5.74, 6) is 1.70. The van der Waals surface area contributed by atoms with Crippen LogP contribution in [0.3, 0.4) is 0 Å². The molecule has 13 rings (SSSR count). The average Bonchev–Trinajstić information content (AvgIpc) is 3.86. The molecule has 4 heteroatoms. The maximum Gasteiger partial charge on any atom is 0.159 e. The van der Waals surface area contributed by atoms with E-state index in [1.54, 1.807) is 0 Å². The largest absolute Gasteiger partial charge is 0.456 e. The van der Waals surface area contributed by atoms with E-state index in [2.05, 4.69) is 216 Å². The number of fused-ring (bicyclic) bond motifs is 11. The van der Waals surface area contributed by atoms with Gasteiger partial charge in [-0.25, -0.2) is 0 Å². The molecular formula is C60H38N2O2. The van der Waals surface area contributed by atoms with Gasteiger partial charge in [0.2, 0.25) is 0 Å². The van der Waals surface area contributed by atoms with Gasteiger partial charge >= 0.3 is 0 Å². The van der Waals surface area contributed by atoms with Crippen molar-refractivity contribution in [3.63, 3.8) is 0 Å². The zero-order valence-corrected chi connectivity index (χ0v) is 34.7. The highest BCUT2D eigenvalue weighted by atomic mass is 16.5. The molecule has 0 saturated carbocycles. The smallest absolute Gasteiger partial charge is 0.159 e. The van der Waals surface area contributed by atoms with E-state index in [9.17, 15) is 0 Å². The third kappa shape index (κ3) is 5.70. The Morgan fingerprint density at radius 3 is 1.88 bits per heavy atom. The zero-order valence-electron chi connectivity index (χ0n) is 34.7. The Hall–Kier alpha value is -8.60. The fourth-order valence-corrected chi connectivity index (χ4v) is 9.93. The number of aromatic nitrogens is 1. The lowest BCUT2D eigenvalue weighted by molar-refractivity contribution is 0.488. The summed E-state index contributed by atoms with van der Waals surface area (Å²) < 4.78 is 15.7. The molecule has 0 atom stereocenters. The standard InChI is InChI=1S/C60H38N2O2/c1-2-16-42(17-3-1)62-53-26-8-4-19-46(53)52-38-40(33-36-54(52)62)39-31-34-43(35-32-39)61(55-27-14-25-50-48-21-6-10-29-57(48)64-60(50)55)44-18-12-15-41(37-44)45-23-13-24-49-47-20-5-9-28-56(47)63-58-30-11-7-22-51(58)59(45)49/h1-38H. The first-order valence-electron chi connectivity index (χ1n) is 21.7. The molecule has 10 aromatic carbocycles. The molecule has 0 aliphatic carbocycles. The molecular weight excluding hydrogens is 781 g/mol. The highest BCUT2D eigenvalue weighted by Gasteiger charge is 2.25. The van der Waals surface area contributed by atoms with Crippen LogP contribution in [0, 0.1) is 0 Å². The van der Waals surface area contributed by atoms with E-state index >= 15 is 0 Å². The van der Waals surface area contributed by atoms with Crippen molar-refractivity contribution < 1.29 is 9.15 Å². The number of benzene rings is 10. The number of furan rings is 1. The van der Waals surface area contributed by atoms with Crippen LogP contribution in [-0.4, -0.2) is 4.57 Å². The molecule has 300 valence electrons. The van der Waals surface area contributed by atoms with Crippen LogP contribution in [0.15, 0.2) is 235 Å². The van der Waals surface area contributed by atoms with Crippen molar-refractivity contribution in [3.8, 4) is 61.7 Å². The Kier molecular flexibility index (Phi) is 8.18. The van der Waals surface area contributed by atoms with Crippen LogP contribution in [0.4, 0.5) is 17.1 Å². The summed E-state index contributed by atoms with van der Waals surface area (Å²) in [5.41, 5.74) is 17.2. The predicted molar refractivity (Wildman–Crippen MR) is 265 cm³/mol. The van der Waals surface area contributed by atoms with Gasteiger partial charge in [-0.3, -0.25) is 0 Å². The van der Waals surface area contributed by atoms with E-state index in [1.165, 1.54) is 27.4 Å². The lowest BCUT2D eigenvalue weighted by Gasteiger charge is -2.26. The topological polar surface area (TPSA) is 30.5 Å². The van der Waals surface area contributed by atoms with Crippen molar-refractivity contribution in [2.75, 3.05) is 4.90 Å². The van der Waals surface area contributed by atoms with Gasteiger partial charge in [0.15, 0.2) is 5.58 Å². The van der Waals surface area contributed by atoms with Gasteiger partial charge in [0.1, 0.15) is 17.1 Å². The molecule has 0 spiro atoms. The first-order valence-corrected chi connectivity index (χ1v) is 21.7. The van der Waals surface area contributed by atoms with Gasteiger partial charge < -0.3 is 18.6 Å². The summed E-state index contributed by atoms with van der Waals surface area (Å²) in [5, 5.41) is 4.64. The number of nitrogens with zero attached hydrogens (tertiary/aromatic N) is 2. The minimum absolute atomic E-state index is 0.842. The van der Waals surface area contributed by atoms with E-state index in [-0.39, 0.29) is 0 Å². The van der Waals surface area contributed by atoms with Crippen molar-refractivity contribution in [3.05, 3.63) is 231 Å².